The number of rotatable bonds is 5. The van der Waals surface area contributed by atoms with Gasteiger partial charge in [0.25, 0.3) is 0 Å². The van der Waals surface area contributed by atoms with E-state index in [0.29, 0.717) is 5.82 Å². The number of aromatic nitrogens is 5. The summed E-state index contributed by atoms with van der Waals surface area (Å²) in [6.07, 6.45) is 2.31. The fourth-order valence-electron chi connectivity index (χ4n) is 1.42. The van der Waals surface area contributed by atoms with Gasteiger partial charge in [-0.3, -0.25) is 14.6 Å². The monoisotopic (exact) mass is 299 g/mol. The molecule has 0 bridgehead atoms. The molecule has 3 N–H and O–H groups in total. The summed E-state index contributed by atoms with van der Waals surface area (Å²) < 4.78 is 25.4. The first-order valence-corrected chi connectivity index (χ1v) is 7.41. The first-order valence-electron chi connectivity index (χ1n) is 5.51. The van der Waals surface area contributed by atoms with Crippen molar-refractivity contribution < 1.29 is 13.2 Å². The number of carbonyl (C=O) groups excluding carboxylic acids is 1. The Balaban J connectivity index is 1.95. The van der Waals surface area contributed by atoms with Crippen LogP contribution in [0.15, 0.2) is 12.3 Å². The largest absolute Gasteiger partial charge is 0.308 e. The Morgan fingerprint density at radius 3 is 2.80 bits per heavy atom. The molecular formula is C9H13N7O3S. The lowest BCUT2D eigenvalue weighted by molar-refractivity contribution is -0.116. The Hall–Kier alpha value is -2.43. The minimum atomic E-state index is -3.42. The third kappa shape index (κ3) is 4.05. The van der Waals surface area contributed by atoms with Gasteiger partial charge < -0.3 is 5.32 Å². The summed E-state index contributed by atoms with van der Waals surface area (Å²) in [7, 11) is -3.42. The number of nitrogens with zero attached hydrogens (tertiary/aromatic N) is 4. The van der Waals surface area contributed by atoms with Crippen LogP contribution in [0.2, 0.25) is 0 Å². The normalized spacial score (nSPS) is 11.3. The average molecular weight is 299 g/mol. The smallest absolute Gasteiger partial charge is 0.247 e. The molecule has 108 valence electrons. The van der Waals surface area contributed by atoms with Crippen molar-refractivity contribution in [2.75, 3.05) is 16.3 Å². The lowest BCUT2D eigenvalue weighted by Gasteiger charge is -2.00. The molecule has 0 unspecified atom stereocenters. The molecule has 0 aliphatic heterocycles. The number of amides is 1. The van der Waals surface area contributed by atoms with Gasteiger partial charge in [0.2, 0.25) is 15.9 Å². The Labute approximate surface area is 114 Å². The molecule has 2 aromatic heterocycles. The van der Waals surface area contributed by atoms with Gasteiger partial charge in [0.15, 0.2) is 11.6 Å². The molecule has 0 radical (unpaired) electrons. The highest BCUT2D eigenvalue weighted by Gasteiger charge is 2.10. The second-order valence-corrected chi connectivity index (χ2v) is 5.91. The predicted molar refractivity (Wildman–Crippen MR) is 70.4 cm³/mol. The summed E-state index contributed by atoms with van der Waals surface area (Å²) in [5.41, 5.74) is 0.820. The zero-order valence-electron chi connectivity index (χ0n) is 10.8. The predicted octanol–water partition coefficient (Wildman–Crippen LogP) is -0.680. The maximum absolute atomic E-state index is 11.7. The summed E-state index contributed by atoms with van der Waals surface area (Å²) in [6.45, 7) is 1.70. The van der Waals surface area contributed by atoms with Gasteiger partial charge >= 0.3 is 0 Å². The molecule has 2 rings (SSSR count). The SMILES string of the molecule is Cc1cc(NC(=O)Cn2cc(NS(C)(=O)=O)nn2)n[nH]1. The van der Waals surface area contributed by atoms with Crippen LogP contribution in [0.4, 0.5) is 11.6 Å². The Bertz CT molecular complexity index is 717. The van der Waals surface area contributed by atoms with Crippen molar-refractivity contribution in [3.63, 3.8) is 0 Å². The highest BCUT2D eigenvalue weighted by molar-refractivity contribution is 7.92. The van der Waals surface area contributed by atoms with E-state index in [4.69, 9.17) is 0 Å². The summed E-state index contributed by atoms with van der Waals surface area (Å²) in [6, 6.07) is 1.68. The van der Waals surface area contributed by atoms with Gasteiger partial charge in [-0.25, -0.2) is 13.1 Å². The molecule has 20 heavy (non-hydrogen) atoms. The third-order valence-electron chi connectivity index (χ3n) is 2.11. The molecule has 2 heterocycles. The molecule has 0 spiro atoms. The van der Waals surface area contributed by atoms with Crippen molar-refractivity contribution in [2.45, 2.75) is 13.5 Å². The van der Waals surface area contributed by atoms with Crippen LogP contribution in [0.25, 0.3) is 0 Å². The number of sulfonamides is 1. The van der Waals surface area contributed by atoms with E-state index in [9.17, 15) is 13.2 Å². The topological polar surface area (TPSA) is 135 Å². The number of nitrogens with one attached hydrogen (secondary N) is 3. The van der Waals surface area contributed by atoms with Crippen LogP contribution in [0.5, 0.6) is 0 Å². The maximum Gasteiger partial charge on any atom is 0.247 e. The number of hydrogen-bond acceptors (Lipinski definition) is 6. The van der Waals surface area contributed by atoms with E-state index < -0.39 is 10.0 Å². The van der Waals surface area contributed by atoms with Crippen molar-refractivity contribution in [1.29, 1.82) is 0 Å². The molecule has 1 amide bonds. The number of aryl methyl sites for hydroxylation is 1. The Morgan fingerprint density at radius 1 is 1.45 bits per heavy atom. The molecule has 0 atom stereocenters. The van der Waals surface area contributed by atoms with Crippen LogP contribution in [-0.4, -0.2) is 45.8 Å². The van der Waals surface area contributed by atoms with Gasteiger partial charge in [0.1, 0.15) is 6.54 Å². The molecule has 0 saturated heterocycles. The minimum Gasteiger partial charge on any atom is -0.308 e. The molecular weight excluding hydrogens is 286 g/mol. The van der Waals surface area contributed by atoms with E-state index in [-0.39, 0.29) is 18.3 Å². The van der Waals surface area contributed by atoms with E-state index >= 15 is 0 Å². The molecule has 2 aromatic rings. The van der Waals surface area contributed by atoms with Gasteiger partial charge in [-0.2, -0.15) is 5.10 Å². The van der Waals surface area contributed by atoms with Crippen molar-refractivity contribution >= 4 is 27.6 Å². The highest BCUT2D eigenvalue weighted by atomic mass is 32.2. The van der Waals surface area contributed by atoms with Crippen LogP contribution in [0.3, 0.4) is 0 Å². The quantitative estimate of drug-likeness (QED) is 0.669. The van der Waals surface area contributed by atoms with Gasteiger partial charge in [0, 0.05) is 11.8 Å². The molecule has 0 aromatic carbocycles. The molecule has 11 heteroatoms. The van der Waals surface area contributed by atoms with Crippen LogP contribution in [0.1, 0.15) is 5.69 Å². The summed E-state index contributed by atoms with van der Waals surface area (Å²) in [4.78, 5) is 11.7. The number of hydrogen-bond donors (Lipinski definition) is 3. The number of H-pyrrole nitrogens is 1. The zero-order chi connectivity index (χ0) is 14.8. The van der Waals surface area contributed by atoms with E-state index in [2.05, 4.69) is 30.5 Å². The van der Waals surface area contributed by atoms with Crippen LogP contribution < -0.4 is 10.0 Å². The van der Waals surface area contributed by atoms with Gasteiger partial charge in [-0.1, -0.05) is 5.21 Å². The second-order valence-electron chi connectivity index (χ2n) is 4.16. The minimum absolute atomic E-state index is 0.0518. The first kappa shape index (κ1) is 14.0. The van der Waals surface area contributed by atoms with Crippen LogP contribution in [0, 0.1) is 6.92 Å². The van der Waals surface area contributed by atoms with Crippen LogP contribution in [-0.2, 0) is 21.4 Å². The summed E-state index contributed by atoms with van der Waals surface area (Å²) in [5.74, 6) is 0.102. The fraction of sp³-hybridized carbons (Fsp3) is 0.333. The second kappa shape index (κ2) is 5.28. The van der Waals surface area contributed by atoms with E-state index in [0.717, 1.165) is 11.9 Å². The number of carbonyl (C=O) groups is 1. The van der Waals surface area contributed by atoms with Crippen molar-refractivity contribution in [2.24, 2.45) is 0 Å². The standard InChI is InChI=1S/C9H13N7O3S/c1-6-3-7(12-11-6)10-9(17)5-16-4-8(13-15-16)14-20(2,18)19/h3-4,14H,5H2,1-2H3,(H2,10,11,12,17). The molecule has 0 saturated carbocycles. The first-order chi connectivity index (χ1) is 9.32. The van der Waals surface area contributed by atoms with Crippen molar-refractivity contribution in [3.8, 4) is 0 Å². The average Bonchev–Trinajstić information content (AvgIpc) is 2.86. The molecule has 0 fully saturated rings. The van der Waals surface area contributed by atoms with Gasteiger partial charge in [0.05, 0.1) is 12.5 Å². The van der Waals surface area contributed by atoms with E-state index in [1.54, 1.807) is 6.07 Å². The lowest BCUT2D eigenvalue weighted by atomic mass is 10.4. The molecule has 0 aliphatic rings. The molecule has 10 nitrogen and oxygen atoms in total. The van der Waals surface area contributed by atoms with E-state index in [1.807, 2.05) is 6.92 Å². The maximum atomic E-state index is 11.7. The van der Waals surface area contributed by atoms with Crippen molar-refractivity contribution in [1.82, 2.24) is 25.2 Å². The van der Waals surface area contributed by atoms with Crippen molar-refractivity contribution in [3.05, 3.63) is 18.0 Å². The lowest BCUT2D eigenvalue weighted by Crippen LogP contribution is -2.19. The van der Waals surface area contributed by atoms with Gasteiger partial charge in [-0.15, -0.1) is 5.10 Å². The number of aromatic amines is 1. The van der Waals surface area contributed by atoms with Crippen LogP contribution >= 0.6 is 0 Å². The Kier molecular flexibility index (Phi) is 3.70. The fourth-order valence-corrected chi connectivity index (χ4v) is 1.90. The number of anilines is 2. The van der Waals surface area contributed by atoms with Gasteiger partial charge in [-0.05, 0) is 6.92 Å². The molecule has 0 aliphatic carbocycles. The third-order valence-corrected chi connectivity index (χ3v) is 2.69. The Morgan fingerprint density at radius 2 is 2.20 bits per heavy atom. The summed E-state index contributed by atoms with van der Waals surface area (Å²) >= 11 is 0. The summed E-state index contributed by atoms with van der Waals surface area (Å²) in [5, 5.41) is 16.3. The zero-order valence-corrected chi connectivity index (χ0v) is 11.6. The van der Waals surface area contributed by atoms with E-state index in [1.165, 1.54) is 10.9 Å². The highest BCUT2D eigenvalue weighted by Crippen LogP contribution is 2.05.